The van der Waals surface area contributed by atoms with Gasteiger partial charge in [0.15, 0.2) is 5.76 Å². The Bertz CT molecular complexity index is 612. The quantitative estimate of drug-likeness (QED) is 0.926. The summed E-state index contributed by atoms with van der Waals surface area (Å²) in [6.45, 7) is 3.67. The molecule has 0 saturated carbocycles. The van der Waals surface area contributed by atoms with Gasteiger partial charge in [-0.1, -0.05) is 21.1 Å². The lowest BCUT2D eigenvalue weighted by atomic mass is 10.1. The van der Waals surface area contributed by atoms with Gasteiger partial charge in [0.05, 0.1) is 11.7 Å². The van der Waals surface area contributed by atoms with E-state index in [-0.39, 0.29) is 6.04 Å². The lowest BCUT2D eigenvalue weighted by molar-refractivity contribution is 0.204. The van der Waals surface area contributed by atoms with Crippen LogP contribution in [0.25, 0.3) is 0 Å². The molecule has 1 fully saturated rings. The van der Waals surface area contributed by atoms with Crippen molar-refractivity contribution in [2.24, 2.45) is 0 Å². The van der Waals surface area contributed by atoms with Crippen LogP contribution in [0.4, 0.5) is 0 Å². The van der Waals surface area contributed by atoms with Gasteiger partial charge in [0.2, 0.25) is 0 Å². The number of aryl methyl sites for hydroxylation is 1. The number of likely N-dealkylation sites (tertiary alicyclic amines) is 1. The van der Waals surface area contributed by atoms with Crippen molar-refractivity contribution in [1.29, 1.82) is 0 Å². The molecule has 1 aliphatic heterocycles. The van der Waals surface area contributed by atoms with Gasteiger partial charge in [0.25, 0.3) is 0 Å². The fraction of sp³-hybridized carbons (Fsp3) is 0.400. The maximum atomic E-state index is 9.97. The van der Waals surface area contributed by atoms with Crippen molar-refractivity contribution >= 4 is 15.9 Å². The molecule has 1 N–H and O–H groups in total. The first-order valence-corrected chi connectivity index (χ1v) is 7.57. The maximum absolute atomic E-state index is 9.97. The van der Waals surface area contributed by atoms with Crippen LogP contribution in [0, 0.1) is 6.92 Å². The molecule has 2 heterocycles. The highest BCUT2D eigenvalue weighted by molar-refractivity contribution is 9.10. The maximum Gasteiger partial charge on any atom is 0.154 e. The highest BCUT2D eigenvalue weighted by Crippen LogP contribution is 2.35. The Morgan fingerprint density at radius 2 is 2.30 bits per heavy atom. The largest absolute Gasteiger partial charge is 0.508 e. The molecule has 0 spiro atoms. The Morgan fingerprint density at radius 1 is 1.45 bits per heavy atom. The van der Waals surface area contributed by atoms with E-state index in [1.54, 1.807) is 6.07 Å². The molecular formula is C15H17BrN2O2. The third kappa shape index (κ3) is 2.74. The molecule has 5 heteroatoms. The summed E-state index contributed by atoms with van der Waals surface area (Å²) < 4.78 is 6.39. The van der Waals surface area contributed by atoms with Crippen molar-refractivity contribution < 1.29 is 9.63 Å². The van der Waals surface area contributed by atoms with Crippen LogP contribution >= 0.6 is 15.9 Å². The van der Waals surface area contributed by atoms with Crippen LogP contribution in [0.1, 0.15) is 35.9 Å². The summed E-state index contributed by atoms with van der Waals surface area (Å²) in [5, 5.41) is 13.9. The molecule has 3 rings (SSSR count). The highest BCUT2D eigenvalue weighted by Gasteiger charge is 2.29. The minimum Gasteiger partial charge on any atom is -0.508 e. The van der Waals surface area contributed by atoms with Crippen LogP contribution in [0.2, 0.25) is 0 Å². The monoisotopic (exact) mass is 336 g/mol. The lowest BCUT2D eigenvalue weighted by Crippen LogP contribution is -2.22. The molecule has 4 nitrogen and oxygen atoms in total. The number of aromatic nitrogens is 1. The van der Waals surface area contributed by atoms with Crippen LogP contribution < -0.4 is 0 Å². The number of halogens is 1. The Hall–Kier alpha value is -1.33. The van der Waals surface area contributed by atoms with Gasteiger partial charge >= 0.3 is 0 Å². The molecule has 1 aliphatic rings. The van der Waals surface area contributed by atoms with Crippen LogP contribution in [-0.4, -0.2) is 21.7 Å². The first-order valence-electron chi connectivity index (χ1n) is 6.78. The minimum atomic E-state index is 0.259. The Kier molecular flexibility index (Phi) is 3.81. The summed E-state index contributed by atoms with van der Waals surface area (Å²) in [5.41, 5.74) is 1.85. The molecule has 1 aromatic carbocycles. The molecule has 0 unspecified atom stereocenters. The summed E-state index contributed by atoms with van der Waals surface area (Å²) in [7, 11) is 0. The number of phenolic OH excluding ortho intramolecular Hbond substituents is 1. The number of benzene rings is 1. The van der Waals surface area contributed by atoms with Crippen molar-refractivity contribution in [1.82, 2.24) is 10.1 Å². The van der Waals surface area contributed by atoms with E-state index in [2.05, 4.69) is 26.0 Å². The summed E-state index contributed by atoms with van der Waals surface area (Å²) in [6.07, 6.45) is 2.21. The van der Waals surface area contributed by atoms with Crippen LogP contribution in [0.5, 0.6) is 5.75 Å². The van der Waals surface area contributed by atoms with Gasteiger partial charge in [-0.3, -0.25) is 4.90 Å². The number of hydrogen-bond acceptors (Lipinski definition) is 4. The van der Waals surface area contributed by atoms with Gasteiger partial charge in [-0.05, 0) is 44.5 Å². The van der Waals surface area contributed by atoms with Gasteiger partial charge in [-0.15, -0.1) is 0 Å². The second-order valence-electron chi connectivity index (χ2n) is 5.27. The van der Waals surface area contributed by atoms with E-state index in [4.69, 9.17) is 4.52 Å². The fourth-order valence-corrected chi connectivity index (χ4v) is 3.19. The Morgan fingerprint density at radius 3 is 3.05 bits per heavy atom. The molecule has 20 heavy (non-hydrogen) atoms. The van der Waals surface area contributed by atoms with Crippen molar-refractivity contribution in [2.45, 2.75) is 32.4 Å². The second kappa shape index (κ2) is 5.58. The van der Waals surface area contributed by atoms with E-state index in [0.717, 1.165) is 47.4 Å². The minimum absolute atomic E-state index is 0.259. The van der Waals surface area contributed by atoms with E-state index in [0.29, 0.717) is 5.75 Å². The summed E-state index contributed by atoms with van der Waals surface area (Å²) in [6, 6.07) is 7.80. The lowest BCUT2D eigenvalue weighted by Gasteiger charge is -2.22. The smallest absolute Gasteiger partial charge is 0.154 e. The second-order valence-corrected chi connectivity index (χ2v) is 6.19. The zero-order valence-corrected chi connectivity index (χ0v) is 12.9. The fourth-order valence-electron chi connectivity index (χ4n) is 2.78. The van der Waals surface area contributed by atoms with Crippen molar-refractivity contribution in [3.63, 3.8) is 0 Å². The van der Waals surface area contributed by atoms with Gasteiger partial charge in [-0.2, -0.15) is 0 Å². The summed E-state index contributed by atoms with van der Waals surface area (Å²) in [4.78, 5) is 2.33. The summed E-state index contributed by atoms with van der Waals surface area (Å²) >= 11 is 3.45. The number of hydrogen-bond donors (Lipinski definition) is 1. The Balaban J connectivity index is 1.81. The number of nitrogens with zero attached hydrogens (tertiary/aromatic N) is 2. The molecule has 0 radical (unpaired) electrons. The van der Waals surface area contributed by atoms with Crippen LogP contribution in [0.15, 0.2) is 33.3 Å². The zero-order valence-electron chi connectivity index (χ0n) is 11.3. The SMILES string of the molecule is Cc1cc([C@H]2CCCN2Cc2cc(Br)ccc2O)on1. The van der Waals surface area contributed by atoms with E-state index >= 15 is 0 Å². The molecular weight excluding hydrogens is 320 g/mol. The molecule has 0 amide bonds. The van der Waals surface area contributed by atoms with Crippen molar-refractivity contribution in [2.75, 3.05) is 6.54 Å². The van der Waals surface area contributed by atoms with Gasteiger partial charge in [-0.25, -0.2) is 0 Å². The van der Waals surface area contributed by atoms with Gasteiger partial charge in [0, 0.05) is 22.6 Å². The molecule has 106 valence electrons. The number of rotatable bonds is 3. The molecule has 1 aromatic heterocycles. The molecule has 2 aromatic rings. The van der Waals surface area contributed by atoms with Gasteiger partial charge < -0.3 is 9.63 Å². The highest BCUT2D eigenvalue weighted by atomic mass is 79.9. The molecule has 0 aliphatic carbocycles. The topological polar surface area (TPSA) is 49.5 Å². The zero-order chi connectivity index (χ0) is 14.1. The van der Waals surface area contributed by atoms with Crippen LogP contribution in [-0.2, 0) is 6.54 Å². The molecule has 1 atom stereocenters. The number of phenols is 1. The first kappa shape index (κ1) is 13.6. The van der Waals surface area contributed by atoms with E-state index in [9.17, 15) is 5.11 Å². The van der Waals surface area contributed by atoms with E-state index in [1.807, 2.05) is 25.1 Å². The standard InChI is InChI=1S/C15H17BrN2O2/c1-10-7-15(20-17-10)13-3-2-6-18(13)9-11-8-12(16)4-5-14(11)19/h4-5,7-8,13,19H,2-3,6,9H2,1H3/t13-/m1/s1. The number of aromatic hydroxyl groups is 1. The normalized spacial score (nSPS) is 19.6. The van der Waals surface area contributed by atoms with Crippen molar-refractivity contribution in [3.8, 4) is 5.75 Å². The van der Waals surface area contributed by atoms with E-state index in [1.165, 1.54) is 0 Å². The predicted molar refractivity (Wildman–Crippen MR) is 79.4 cm³/mol. The van der Waals surface area contributed by atoms with Crippen LogP contribution in [0.3, 0.4) is 0 Å². The third-order valence-electron chi connectivity index (χ3n) is 3.75. The first-order chi connectivity index (χ1) is 9.63. The van der Waals surface area contributed by atoms with E-state index < -0.39 is 0 Å². The molecule has 0 bridgehead atoms. The predicted octanol–water partition coefficient (Wildman–Crippen LogP) is 3.79. The average Bonchev–Trinajstić information content (AvgIpc) is 3.02. The Labute approximate surface area is 126 Å². The van der Waals surface area contributed by atoms with Gasteiger partial charge in [0.1, 0.15) is 5.75 Å². The third-order valence-corrected chi connectivity index (χ3v) is 4.25. The summed E-state index contributed by atoms with van der Waals surface area (Å²) in [5.74, 6) is 1.27. The molecule has 1 saturated heterocycles. The van der Waals surface area contributed by atoms with Crippen molar-refractivity contribution in [3.05, 3.63) is 45.8 Å². The average molecular weight is 337 g/mol.